The van der Waals surface area contributed by atoms with E-state index in [9.17, 15) is 17.6 Å². The molecule has 1 aliphatic heterocycles. The number of oxime groups is 1. The highest BCUT2D eigenvalue weighted by Gasteiger charge is 2.47. The van der Waals surface area contributed by atoms with Gasteiger partial charge in [0.2, 0.25) is 0 Å². The van der Waals surface area contributed by atoms with E-state index < -0.39 is 26.6 Å². The number of nitrogens with one attached hydrogen (secondary N) is 1. The van der Waals surface area contributed by atoms with Gasteiger partial charge in [-0.3, -0.25) is 10.0 Å². The number of allylic oxidation sites excluding steroid dienone is 1. The van der Waals surface area contributed by atoms with Crippen LogP contribution in [0.4, 0.5) is 4.39 Å². The molecule has 0 bridgehead atoms. The Bertz CT molecular complexity index is 848. The summed E-state index contributed by atoms with van der Waals surface area (Å²) < 4.78 is 35.7. The van der Waals surface area contributed by atoms with Crippen molar-refractivity contribution < 1.29 is 27.6 Å². The lowest BCUT2D eigenvalue weighted by atomic mass is 9.96. The van der Waals surface area contributed by atoms with Crippen LogP contribution in [0.1, 0.15) is 37.8 Å². The second kappa shape index (κ2) is 7.55. The number of carbonyl (C=O) groups excluding carboxylic acids is 1. The van der Waals surface area contributed by atoms with Crippen molar-refractivity contribution in [2.45, 2.75) is 37.5 Å². The summed E-state index contributed by atoms with van der Waals surface area (Å²) in [6, 6.07) is 6.61. The number of nitrogens with zero attached hydrogens (tertiary/aromatic N) is 1. The molecule has 2 N–H and O–H groups in total. The smallest absolute Gasteiger partial charge is 0.264 e. The first-order valence-corrected chi connectivity index (χ1v) is 9.81. The molecule has 0 spiro atoms. The van der Waals surface area contributed by atoms with Crippen LogP contribution in [0.25, 0.3) is 5.83 Å². The minimum absolute atomic E-state index is 0.170. The standard InChI is InChI=1S/C17H21FN2O5S/c1-4-14(18)11-5-7-12(8-6-11)15-9-13(25-20-15)10-17(2,16(21)19-22)26(3,23)24/h4-8,13,22H,9-10H2,1-3H3,(H,19,21). The molecule has 1 aromatic rings. The molecule has 1 aliphatic rings. The van der Waals surface area contributed by atoms with Crippen LogP contribution in [0.3, 0.4) is 0 Å². The van der Waals surface area contributed by atoms with E-state index in [0.29, 0.717) is 16.8 Å². The van der Waals surface area contributed by atoms with Gasteiger partial charge in [0, 0.05) is 24.7 Å². The summed E-state index contributed by atoms with van der Waals surface area (Å²) in [7, 11) is -3.81. The summed E-state index contributed by atoms with van der Waals surface area (Å²) >= 11 is 0. The first kappa shape index (κ1) is 20.1. The molecule has 0 aliphatic carbocycles. The number of hydrogen-bond donors (Lipinski definition) is 2. The first-order chi connectivity index (χ1) is 12.1. The van der Waals surface area contributed by atoms with Gasteiger partial charge in [-0.15, -0.1) is 0 Å². The van der Waals surface area contributed by atoms with Crippen LogP contribution >= 0.6 is 0 Å². The van der Waals surface area contributed by atoms with Crippen LogP contribution in [-0.2, 0) is 19.5 Å². The number of sulfone groups is 1. The molecule has 0 saturated heterocycles. The van der Waals surface area contributed by atoms with E-state index in [1.54, 1.807) is 31.2 Å². The molecule has 0 fully saturated rings. The monoisotopic (exact) mass is 384 g/mol. The van der Waals surface area contributed by atoms with Crippen molar-refractivity contribution in [3.05, 3.63) is 41.5 Å². The van der Waals surface area contributed by atoms with Gasteiger partial charge in [0.25, 0.3) is 5.91 Å². The molecule has 26 heavy (non-hydrogen) atoms. The number of hydrogen-bond acceptors (Lipinski definition) is 6. The predicted octanol–water partition coefficient (Wildman–Crippen LogP) is 2.21. The SMILES string of the molecule is CC=C(F)c1ccc(C2=NOC(CC(C)(C(=O)NO)S(C)(=O)=O)C2)cc1. The molecule has 1 aromatic carbocycles. The molecule has 2 rings (SSSR count). The van der Waals surface area contributed by atoms with Crippen molar-refractivity contribution >= 4 is 27.3 Å². The van der Waals surface area contributed by atoms with Crippen LogP contribution < -0.4 is 5.48 Å². The van der Waals surface area contributed by atoms with Crippen LogP contribution in [0, 0.1) is 0 Å². The molecule has 0 aromatic heterocycles. The van der Waals surface area contributed by atoms with Gasteiger partial charge in [-0.05, 0) is 19.4 Å². The van der Waals surface area contributed by atoms with Crippen LogP contribution in [0.15, 0.2) is 35.5 Å². The maximum Gasteiger partial charge on any atom is 0.264 e. The molecular formula is C17H21FN2O5S. The fourth-order valence-electron chi connectivity index (χ4n) is 2.66. The van der Waals surface area contributed by atoms with Crippen LogP contribution in [0.2, 0.25) is 0 Å². The number of halogens is 1. The summed E-state index contributed by atoms with van der Waals surface area (Å²) in [6.45, 7) is 2.83. The van der Waals surface area contributed by atoms with Crippen molar-refractivity contribution in [1.82, 2.24) is 5.48 Å². The number of rotatable bonds is 6. The molecule has 9 heteroatoms. The van der Waals surface area contributed by atoms with E-state index in [4.69, 9.17) is 10.0 Å². The van der Waals surface area contributed by atoms with Gasteiger partial charge in [0.05, 0.1) is 5.71 Å². The molecule has 142 valence electrons. The summed E-state index contributed by atoms with van der Waals surface area (Å²) in [5, 5.41) is 12.8. The Kier molecular flexibility index (Phi) is 5.82. The van der Waals surface area contributed by atoms with Gasteiger partial charge in [0.1, 0.15) is 11.9 Å². The maximum absolute atomic E-state index is 13.5. The average molecular weight is 384 g/mol. The molecule has 2 unspecified atom stereocenters. The second-order valence-corrected chi connectivity index (χ2v) is 8.78. The zero-order valence-electron chi connectivity index (χ0n) is 14.7. The second-order valence-electron chi connectivity index (χ2n) is 6.33. The minimum Gasteiger partial charge on any atom is -0.392 e. The van der Waals surface area contributed by atoms with E-state index >= 15 is 0 Å². The van der Waals surface area contributed by atoms with E-state index in [0.717, 1.165) is 6.26 Å². The lowest BCUT2D eigenvalue weighted by Gasteiger charge is -2.26. The third kappa shape index (κ3) is 3.94. The number of benzene rings is 1. The Morgan fingerprint density at radius 1 is 1.46 bits per heavy atom. The molecule has 0 radical (unpaired) electrons. The Morgan fingerprint density at radius 3 is 2.58 bits per heavy atom. The van der Waals surface area contributed by atoms with E-state index in [-0.39, 0.29) is 18.7 Å². The normalized spacial score (nSPS) is 20.1. The summed E-state index contributed by atoms with van der Waals surface area (Å²) in [5.41, 5.74) is 3.13. The highest BCUT2D eigenvalue weighted by atomic mass is 32.2. The molecule has 2 atom stereocenters. The molecule has 0 saturated carbocycles. The lowest BCUT2D eigenvalue weighted by molar-refractivity contribution is -0.132. The van der Waals surface area contributed by atoms with Gasteiger partial charge >= 0.3 is 0 Å². The summed E-state index contributed by atoms with van der Waals surface area (Å²) in [4.78, 5) is 17.2. The third-order valence-corrected chi connectivity index (χ3v) is 6.49. The predicted molar refractivity (Wildman–Crippen MR) is 95.0 cm³/mol. The highest BCUT2D eigenvalue weighted by molar-refractivity contribution is 7.92. The summed E-state index contributed by atoms with van der Waals surface area (Å²) in [5.74, 6) is -1.36. The van der Waals surface area contributed by atoms with Gasteiger partial charge in [-0.2, -0.15) is 0 Å². The minimum atomic E-state index is -3.81. The maximum atomic E-state index is 13.5. The van der Waals surface area contributed by atoms with Crippen molar-refractivity contribution in [1.29, 1.82) is 0 Å². The first-order valence-electron chi connectivity index (χ1n) is 7.92. The number of carbonyl (C=O) groups is 1. The topological polar surface area (TPSA) is 105 Å². The van der Waals surface area contributed by atoms with Gasteiger partial charge in [-0.25, -0.2) is 18.3 Å². The Morgan fingerprint density at radius 2 is 2.08 bits per heavy atom. The molecular weight excluding hydrogens is 363 g/mol. The Labute approximate surface area is 151 Å². The highest BCUT2D eigenvalue weighted by Crippen LogP contribution is 2.29. The molecule has 7 nitrogen and oxygen atoms in total. The van der Waals surface area contributed by atoms with Gasteiger partial charge < -0.3 is 4.84 Å². The quantitative estimate of drug-likeness (QED) is 0.578. The van der Waals surface area contributed by atoms with Crippen molar-refractivity contribution in [2.24, 2.45) is 5.16 Å². The van der Waals surface area contributed by atoms with E-state index in [1.165, 1.54) is 18.5 Å². The van der Waals surface area contributed by atoms with Gasteiger partial charge in [-0.1, -0.05) is 35.5 Å². The lowest BCUT2D eigenvalue weighted by Crippen LogP contribution is -2.51. The fraction of sp³-hybridized carbons (Fsp3) is 0.412. The van der Waals surface area contributed by atoms with E-state index in [2.05, 4.69) is 5.16 Å². The van der Waals surface area contributed by atoms with Crippen molar-refractivity contribution in [3.63, 3.8) is 0 Å². The van der Waals surface area contributed by atoms with Crippen LogP contribution in [-0.4, -0.2) is 42.4 Å². The fourth-order valence-corrected chi connectivity index (χ4v) is 3.53. The van der Waals surface area contributed by atoms with Gasteiger partial charge in [0.15, 0.2) is 14.6 Å². The third-order valence-electron chi connectivity index (χ3n) is 4.50. The average Bonchev–Trinajstić information content (AvgIpc) is 3.07. The zero-order valence-corrected chi connectivity index (χ0v) is 15.5. The van der Waals surface area contributed by atoms with E-state index in [1.807, 2.05) is 0 Å². The Hall–Kier alpha value is -2.26. The molecule has 1 heterocycles. The molecule has 1 amide bonds. The zero-order chi connectivity index (χ0) is 19.5. The Balaban J connectivity index is 2.13. The summed E-state index contributed by atoms with van der Waals surface area (Å²) in [6.07, 6.45) is 1.76. The van der Waals surface area contributed by atoms with Crippen LogP contribution in [0.5, 0.6) is 0 Å². The van der Waals surface area contributed by atoms with Crippen molar-refractivity contribution in [2.75, 3.05) is 6.26 Å². The largest absolute Gasteiger partial charge is 0.392 e. The van der Waals surface area contributed by atoms with Crippen molar-refractivity contribution in [3.8, 4) is 0 Å². The number of hydroxylamine groups is 1. The number of amides is 1.